The number of carbonyl (C=O) groups is 2. The van der Waals surface area contributed by atoms with Gasteiger partial charge in [0.2, 0.25) is 0 Å². The number of likely N-dealkylation sites (tertiary alicyclic amines) is 2. The van der Waals surface area contributed by atoms with Gasteiger partial charge < -0.3 is 14.3 Å². The number of nitrogens with zero attached hydrogens (tertiary/aromatic N) is 6. The molecule has 4 fully saturated rings. The summed E-state index contributed by atoms with van der Waals surface area (Å²) in [6.45, 7) is 6.53. The molecule has 10 nitrogen and oxygen atoms in total. The molecule has 0 aromatic heterocycles. The number of hydrogen-bond donors (Lipinski definition) is 0. The lowest BCUT2D eigenvalue weighted by atomic mass is 9.89. The van der Waals surface area contributed by atoms with Crippen molar-refractivity contribution in [2.45, 2.75) is 99.7 Å². The standard InChI is InChI=1S/C56H65Cl4F7N6O4/c1-68(31-37-8-13-41(14-9-37)55(62,63)64)51-36-73(34-43(51)40-12-17-46(58)48(60)30-40)54(18-3-4-23-74,72-21-26-77-27-22-72)52(75)6-5-7-53(70-19-24-76-25-20-70)71-33-42(39-11-16-45(57)47(59)29-39)50(35-71)69(2)32-38-10-15-44(49(61)28-38)56(65,66)67/h8-17,23,28-30,42-43,50-51,53H,3-7,18-22,24-27,31-36H2,1-2H3/t42-,43-,50-,51-,53?,54?/m1/s1. The summed E-state index contributed by atoms with van der Waals surface area (Å²) in [5.74, 6) is -1.67. The van der Waals surface area contributed by atoms with Crippen LogP contribution in [0.5, 0.6) is 0 Å². The first-order chi connectivity index (χ1) is 36.7. The molecule has 2 unspecified atom stereocenters. The van der Waals surface area contributed by atoms with Crippen molar-refractivity contribution in [2.24, 2.45) is 0 Å². The van der Waals surface area contributed by atoms with Gasteiger partial charge in [-0.25, -0.2) is 4.39 Å². The van der Waals surface area contributed by atoms with Gasteiger partial charge >= 0.3 is 12.4 Å². The molecule has 4 aliphatic rings. The van der Waals surface area contributed by atoms with E-state index in [1.54, 1.807) is 12.1 Å². The Morgan fingerprint density at radius 1 is 0.649 bits per heavy atom. The summed E-state index contributed by atoms with van der Waals surface area (Å²) in [5, 5.41) is 1.53. The second-order valence-electron chi connectivity index (χ2n) is 20.8. The minimum absolute atomic E-state index is 0.0152. The van der Waals surface area contributed by atoms with E-state index in [2.05, 4.69) is 24.5 Å². The maximum atomic E-state index is 15.8. The van der Waals surface area contributed by atoms with E-state index in [1.165, 1.54) is 18.2 Å². The van der Waals surface area contributed by atoms with Gasteiger partial charge in [0, 0.05) is 102 Å². The Balaban J connectivity index is 1.09. The van der Waals surface area contributed by atoms with Gasteiger partial charge in [-0.05, 0) is 111 Å². The molecule has 0 radical (unpaired) electrons. The van der Waals surface area contributed by atoms with Crippen LogP contribution in [0.3, 0.4) is 0 Å². The van der Waals surface area contributed by atoms with Crippen LogP contribution < -0.4 is 0 Å². The molecule has 0 amide bonds. The first kappa shape index (κ1) is 59.7. The number of carbonyl (C=O) groups excluding carboxylic acids is 2. The fourth-order valence-corrected chi connectivity index (χ4v) is 12.8. The van der Waals surface area contributed by atoms with E-state index in [-0.39, 0.29) is 55.3 Å². The molecule has 77 heavy (non-hydrogen) atoms. The average Bonchev–Trinajstić information content (AvgIpc) is 4.06. The highest BCUT2D eigenvalue weighted by atomic mass is 35.5. The first-order valence-electron chi connectivity index (χ1n) is 26.1. The Morgan fingerprint density at radius 3 is 1.77 bits per heavy atom. The van der Waals surface area contributed by atoms with Gasteiger partial charge in [0.1, 0.15) is 17.8 Å². The number of benzene rings is 4. The summed E-state index contributed by atoms with van der Waals surface area (Å²) in [6.07, 6.45) is -6.22. The number of aldehydes is 1. The molecule has 8 rings (SSSR count). The highest BCUT2D eigenvalue weighted by Crippen LogP contribution is 2.43. The van der Waals surface area contributed by atoms with E-state index >= 15 is 4.79 Å². The zero-order chi connectivity index (χ0) is 55.2. The molecule has 0 bridgehead atoms. The minimum atomic E-state index is -4.83. The van der Waals surface area contributed by atoms with Gasteiger partial charge in [-0.3, -0.25) is 34.2 Å². The van der Waals surface area contributed by atoms with Crippen LogP contribution in [0, 0.1) is 5.82 Å². The maximum Gasteiger partial charge on any atom is 0.419 e. The normalized spacial score (nSPS) is 22.7. The summed E-state index contributed by atoms with van der Waals surface area (Å²) in [7, 11) is 3.82. The minimum Gasteiger partial charge on any atom is -0.379 e. The number of halogens is 11. The zero-order valence-electron chi connectivity index (χ0n) is 43.1. The lowest BCUT2D eigenvalue weighted by Gasteiger charge is -2.50. The van der Waals surface area contributed by atoms with Crippen LogP contribution in [0.25, 0.3) is 0 Å². The van der Waals surface area contributed by atoms with Crippen LogP contribution in [-0.4, -0.2) is 158 Å². The fraction of sp³-hybridized carbons (Fsp3) is 0.536. The number of unbranched alkanes of at least 4 members (excludes halogenated alkanes) is 1. The molecule has 420 valence electrons. The quantitative estimate of drug-likeness (QED) is 0.0458. The average molecular weight is 1160 g/mol. The molecule has 0 N–H and O–H groups in total. The Bertz CT molecular complexity index is 2640. The van der Waals surface area contributed by atoms with Gasteiger partial charge in [0.05, 0.1) is 63.8 Å². The van der Waals surface area contributed by atoms with Crippen LogP contribution >= 0.6 is 46.4 Å². The van der Waals surface area contributed by atoms with Crippen molar-refractivity contribution < 1.29 is 49.8 Å². The molecule has 21 heteroatoms. The van der Waals surface area contributed by atoms with Gasteiger partial charge in [0.15, 0.2) is 5.78 Å². The number of alkyl halides is 6. The monoisotopic (exact) mass is 1160 g/mol. The molecule has 0 saturated carbocycles. The van der Waals surface area contributed by atoms with Crippen molar-refractivity contribution in [3.05, 3.63) is 138 Å². The number of likely N-dealkylation sites (N-methyl/N-ethyl adjacent to an activating group) is 2. The molecule has 4 aromatic carbocycles. The summed E-state index contributed by atoms with van der Waals surface area (Å²) < 4.78 is 108. The van der Waals surface area contributed by atoms with Gasteiger partial charge in [-0.15, -0.1) is 0 Å². The Kier molecular flexibility index (Phi) is 20.2. The number of ether oxygens (including phenoxy) is 2. The van der Waals surface area contributed by atoms with E-state index in [4.69, 9.17) is 55.9 Å². The van der Waals surface area contributed by atoms with Gasteiger partial charge in [0.25, 0.3) is 0 Å². The second-order valence-corrected chi connectivity index (χ2v) is 22.4. The smallest absolute Gasteiger partial charge is 0.379 e. The maximum absolute atomic E-state index is 15.8. The molecule has 4 aromatic rings. The highest BCUT2D eigenvalue weighted by molar-refractivity contribution is 6.42. The largest absolute Gasteiger partial charge is 0.419 e. The van der Waals surface area contributed by atoms with Crippen LogP contribution in [0.2, 0.25) is 20.1 Å². The molecule has 4 heterocycles. The molecular weight excluding hydrogens is 1100 g/mol. The lowest BCUT2D eigenvalue weighted by molar-refractivity contribution is -0.155. The topological polar surface area (TPSA) is 72.0 Å². The summed E-state index contributed by atoms with van der Waals surface area (Å²) in [5.41, 5.74) is -0.303. The summed E-state index contributed by atoms with van der Waals surface area (Å²) in [6, 6.07) is 18.8. The Hall–Kier alpha value is -3.43. The Labute approximate surface area is 466 Å². The van der Waals surface area contributed by atoms with Gasteiger partial charge in [-0.1, -0.05) is 76.7 Å². The van der Waals surface area contributed by atoms with E-state index in [1.807, 2.05) is 43.3 Å². The fourth-order valence-electron chi connectivity index (χ4n) is 12.2. The second kappa shape index (κ2) is 26.0. The first-order valence-corrected chi connectivity index (χ1v) is 27.6. The van der Waals surface area contributed by atoms with Crippen molar-refractivity contribution >= 4 is 58.5 Å². The molecular formula is C56H65Cl4F7N6O4. The van der Waals surface area contributed by atoms with Crippen LogP contribution in [0.1, 0.15) is 83.7 Å². The van der Waals surface area contributed by atoms with Crippen molar-refractivity contribution in [3.63, 3.8) is 0 Å². The lowest BCUT2D eigenvalue weighted by Crippen LogP contribution is -2.67. The molecule has 0 spiro atoms. The number of ketones is 1. The zero-order valence-corrected chi connectivity index (χ0v) is 46.1. The summed E-state index contributed by atoms with van der Waals surface area (Å²) in [4.78, 5) is 41.3. The summed E-state index contributed by atoms with van der Waals surface area (Å²) >= 11 is 26.1. The van der Waals surface area contributed by atoms with Crippen molar-refractivity contribution in [2.75, 3.05) is 92.9 Å². The predicted octanol–water partition coefficient (Wildman–Crippen LogP) is 11.8. The van der Waals surface area contributed by atoms with E-state index in [0.29, 0.717) is 142 Å². The third-order valence-electron chi connectivity index (χ3n) is 16.1. The number of Topliss-reactive ketones (excluding diaryl/α,β-unsaturated/α-hetero) is 1. The van der Waals surface area contributed by atoms with Crippen molar-refractivity contribution in [1.82, 2.24) is 29.4 Å². The third kappa shape index (κ3) is 14.2. The number of morpholine rings is 2. The Morgan fingerprint density at radius 2 is 1.21 bits per heavy atom. The van der Waals surface area contributed by atoms with E-state index < -0.39 is 35.0 Å². The van der Waals surface area contributed by atoms with Crippen LogP contribution in [-0.2, 0) is 44.5 Å². The SMILES string of the molecule is CN(Cc1ccc(C(F)(F)F)c(F)c1)[C@@H]1CN(C(CCCC(=O)C(CCCC=O)(N2CCOCC2)N2C[C@H](c3ccc(Cl)c(Cl)c3)[C@H](N(C)Cc3ccc(C(F)(F)F)cc3)C2)N2CCOCC2)C[C@@H]1c1ccc(Cl)c(Cl)c1. The molecule has 4 aliphatic heterocycles. The molecule has 6 atom stereocenters. The molecule has 4 saturated heterocycles. The van der Waals surface area contributed by atoms with E-state index in [0.717, 1.165) is 41.7 Å². The predicted molar refractivity (Wildman–Crippen MR) is 285 cm³/mol. The molecule has 0 aliphatic carbocycles. The van der Waals surface area contributed by atoms with Crippen molar-refractivity contribution in [1.29, 1.82) is 0 Å². The number of rotatable bonds is 21. The van der Waals surface area contributed by atoms with Crippen molar-refractivity contribution in [3.8, 4) is 0 Å². The van der Waals surface area contributed by atoms with Crippen LogP contribution in [0.15, 0.2) is 78.9 Å². The third-order valence-corrected chi connectivity index (χ3v) is 17.6. The highest BCUT2D eigenvalue weighted by Gasteiger charge is 2.53. The number of hydrogen-bond acceptors (Lipinski definition) is 10. The van der Waals surface area contributed by atoms with E-state index in [9.17, 15) is 35.5 Å². The van der Waals surface area contributed by atoms with Crippen LogP contribution in [0.4, 0.5) is 30.7 Å². The van der Waals surface area contributed by atoms with Gasteiger partial charge in [-0.2, -0.15) is 26.3 Å².